The van der Waals surface area contributed by atoms with E-state index in [1.165, 1.54) is 28.8 Å². The molecule has 0 unspecified atom stereocenters. The highest BCUT2D eigenvalue weighted by Gasteiger charge is 2.35. The Balaban J connectivity index is 1.19. The molecule has 4 heterocycles. The first-order chi connectivity index (χ1) is 18.2. The van der Waals surface area contributed by atoms with Gasteiger partial charge in [0.1, 0.15) is 11.6 Å². The van der Waals surface area contributed by atoms with E-state index < -0.39 is 22.5 Å². The number of imidazole rings is 1. The van der Waals surface area contributed by atoms with Crippen molar-refractivity contribution in [3.8, 4) is 16.9 Å². The quantitative estimate of drug-likeness (QED) is 0.384. The summed E-state index contributed by atoms with van der Waals surface area (Å²) in [4.78, 5) is 17.6. The van der Waals surface area contributed by atoms with Crippen molar-refractivity contribution in [3.63, 3.8) is 0 Å². The normalized spacial score (nSPS) is 18.1. The van der Waals surface area contributed by atoms with Crippen LogP contribution < -0.4 is 10.1 Å². The smallest absolute Gasteiger partial charge is 0.387 e. The van der Waals surface area contributed by atoms with Crippen LogP contribution in [0.3, 0.4) is 0 Å². The average molecular weight is 543 g/mol. The molecule has 2 aliphatic heterocycles. The number of hydrogen-bond acceptors (Lipinski definition) is 6. The summed E-state index contributed by atoms with van der Waals surface area (Å²) in [5.74, 6) is 0.262. The van der Waals surface area contributed by atoms with Crippen LogP contribution in [-0.2, 0) is 16.6 Å². The van der Waals surface area contributed by atoms with Crippen molar-refractivity contribution in [3.05, 3.63) is 66.2 Å². The Bertz CT molecular complexity index is 1640. The lowest BCUT2D eigenvalue weighted by Gasteiger charge is -2.37. The van der Waals surface area contributed by atoms with Gasteiger partial charge >= 0.3 is 6.61 Å². The topological polar surface area (TPSA) is 111 Å². The summed E-state index contributed by atoms with van der Waals surface area (Å²) in [6, 6.07) is 11.3. The van der Waals surface area contributed by atoms with Crippen molar-refractivity contribution in [2.45, 2.75) is 31.7 Å². The van der Waals surface area contributed by atoms with Crippen LogP contribution in [0.1, 0.15) is 34.7 Å². The Morgan fingerprint density at radius 3 is 2.74 bits per heavy atom. The van der Waals surface area contributed by atoms with Gasteiger partial charge in [0.15, 0.2) is 0 Å². The summed E-state index contributed by atoms with van der Waals surface area (Å²) in [6.45, 7) is -1.49. The number of aryl methyl sites for hydroxylation is 1. The molecule has 0 spiro atoms. The van der Waals surface area contributed by atoms with Gasteiger partial charge in [0.2, 0.25) is 10.0 Å². The summed E-state index contributed by atoms with van der Waals surface area (Å²) in [5.41, 5.74) is 3.82. The van der Waals surface area contributed by atoms with Crippen LogP contribution in [0.4, 0.5) is 8.78 Å². The van der Waals surface area contributed by atoms with Crippen LogP contribution in [0.15, 0.2) is 54.9 Å². The predicted octanol–water partition coefficient (Wildman–Crippen LogP) is 3.19. The molecule has 198 valence electrons. The number of alkyl halides is 2. The van der Waals surface area contributed by atoms with Crippen molar-refractivity contribution in [2.75, 3.05) is 19.3 Å². The molecule has 0 bridgehead atoms. The van der Waals surface area contributed by atoms with E-state index in [0.29, 0.717) is 26.1 Å². The maximum atomic E-state index is 12.8. The minimum Gasteiger partial charge on any atom is -0.435 e. The first-order valence-corrected chi connectivity index (χ1v) is 13.9. The molecule has 1 fully saturated rings. The molecule has 13 heteroatoms. The van der Waals surface area contributed by atoms with Crippen molar-refractivity contribution < 1.29 is 26.7 Å². The van der Waals surface area contributed by atoms with E-state index in [4.69, 9.17) is 4.98 Å². The number of nitrogens with zero attached hydrogens (tertiary/aromatic N) is 5. The molecule has 2 aromatic heterocycles. The van der Waals surface area contributed by atoms with E-state index in [1.807, 2.05) is 24.4 Å². The number of carbonyl (C=O) groups is 1. The molecule has 1 atom stereocenters. The Kier molecular flexibility index (Phi) is 5.91. The van der Waals surface area contributed by atoms with Gasteiger partial charge < -0.3 is 14.6 Å². The summed E-state index contributed by atoms with van der Waals surface area (Å²) in [5, 5.41) is 7.40. The lowest BCUT2D eigenvalue weighted by atomic mass is 10.1. The first kappa shape index (κ1) is 24.5. The molecular weight excluding hydrogens is 518 g/mol. The van der Waals surface area contributed by atoms with Gasteiger partial charge in [-0.05, 0) is 42.3 Å². The second-order valence-corrected chi connectivity index (χ2v) is 11.5. The standard InChI is InChI=1S/C25H24F2N6O4S/c1-38(35,36)31-13-18(14-31)33-12-17(11-28-33)15-5-6-20-22(10-15)32-8-7-21(23(32)29-20)30-24(34)16-3-2-4-19(9-16)37-25(26)27/h2-6,9-12,18,21,25H,7-8,13-14H2,1H3,(H,30,34)/t21-/m1/s1. The molecule has 1 N–H and O–H groups in total. The first-order valence-electron chi connectivity index (χ1n) is 12.0. The fourth-order valence-electron chi connectivity index (χ4n) is 4.94. The van der Waals surface area contributed by atoms with Crippen molar-refractivity contribution in [1.29, 1.82) is 0 Å². The zero-order valence-corrected chi connectivity index (χ0v) is 21.1. The number of rotatable bonds is 7. The molecule has 0 radical (unpaired) electrons. The fourth-order valence-corrected chi connectivity index (χ4v) is 5.83. The summed E-state index contributed by atoms with van der Waals surface area (Å²) < 4.78 is 58.0. The number of halogens is 2. The van der Waals surface area contributed by atoms with Gasteiger partial charge in [-0.1, -0.05) is 12.1 Å². The molecule has 10 nitrogen and oxygen atoms in total. The van der Waals surface area contributed by atoms with Gasteiger partial charge in [0.25, 0.3) is 5.91 Å². The third-order valence-corrected chi connectivity index (χ3v) is 8.20. The highest BCUT2D eigenvalue weighted by Crippen LogP contribution is 2.33. The Labute approximate surface area is 216 Å². The van der Waals surface area contributed by atoms with Crippen LogP contribution >= 0.6 is 0 Å². The van der Waals surface area contributed by atoms with Crippen molar-refractivity contribution >= 4 is 27.0 Å². The minimum atomic E-state index is -3.19. The van der Waals surface area contributed by atoms with Crippen molar-refractivity contribution in [2.24, 2.45) is 0 Å². The number of carbonyl (C=O) groups excluding carboxylic acids is 1. The monoisotopic (exact) mass is 542 g/mol. The van der Waals surface area contributed by atoms with E-state index in [0.717, 1.165) is 28.0 Å². The SMILES string of the molecule is CS(=O)(=O)N1CC(n2cc(-c3ccc4nc5n(c4c3)CC[C@H]5NC(=O)c3cccc(OC(F)F)c3)cn2)C1. The molecular formula is C25H24F2N6O4S. The highest BCUT2D eigenvalue weighted by molar-refractivity contribution is 7.88. The number of sulfonamides is 1. The van der Waals surface area contributed by atoms with Gasteiger partial charge in [0, 0.05) is 37.0 Å². The van der Waals surface area contributed by atoms with Gasteiger partial charge in [-0.25, -0.2) is 13.4 Å². The number of nitrogens with one attached hydrogen (secondary N) is 1. The van der Waals surface area contributed by atoms with E-state index >= 15 is 0 Å². The van der Waals surface area contributed by atoms with Crippen LogP contribution in [0.2, 0.25) is 0 Å². The van der Waals surface area contributed by atoms with Crippen LogP contribution in [0, 0.1) is 0 Å². The Hall–Kier alpha value is -3.84. The second-order valence-electron chi connectivity index (χ2n) is 9.49. The Morgan fingerprint density at radius 1 is 1.16 bits per heavy atom. The third kappa shape index (κ3) is 4.52. The molecule has 4 aromatic rings. The van der Waals surface area contributed by atoms with Crippen LogP contribution in [0.5, 0.6) is 5.75 Å². The summed E-state index contributed by atoms with van der Waals surface area (Å²) in [7, 11) is -3.19. The number of hydrogen-bond donors (Lipinski definition) is 1. The van der Waals surface area contributed by atoms with E-state index in [1.54, 1.807) is 16.9 Å². The zero-order valence-electron chi connectivity index (χ0n) is 20.3. The summed E-state index contributed by atoms with van der Waals surface area (Å²) in [6.07, 6.45) is 5.54. The van der Waals surface area contributed by atoms with Crippen molar-refractivity contribution in [1.82, 2.24) is 29.0 Å². The molecule has 1 amide bonds. The van der Waals surface area contributed by atoms with Gasteiger partial charge in [0.05, 0.1) is 35.6 Å². The van der Waals surface area contributed by atoms with Crippen LogP contribution in [-0.4, -0.2) is 63.9 Å². The number of aromatic nitrogens is 4. The number of amides is 1. The fraction of sp³-hybridized carbons (Fsp3) is 0.320. The lowest BCUT2D eigenvalue weighted by molar-refractivity contribution is -0.0498. The molecule has 0 aliphatic carbocycles. The van der Waals surface area contributed by atoms with E-state index in [9.17, 15) is 22.0 Å². The minimum absolute atomic E-state index is 0.00780. The van der Waals surface area contributed by atoms with Gasteiger partial charge in [-0.2, -0.15) is 18.2 Å². The molecule has 2 aromatic carbocycles. The summed E-state index contributed by atoms with van der Waals surface area (Å²) >= 11 is 0. The van der Waals surface area contributed by atoms with Gasteiger partial charge in [-0.3, -0.25) is 9.48 Å². The molecule has 1 saturated heterocycles. The van der Waals surface area contributed by atoms with Gasteiger partial charge in [-0.15, -0.1) is 0 Å². The third-order valence-electron chi connectivity index (χ3n) is 6.96. The predicted molar refractivity (Wildman–Crippen MR) is 134 cm³/mol. The highest BCUT2D eigenvalue weighted by atomic mass is 32.2. The number of ether oxygens (including phenoxy) is 1. The van der Waals surface area contributed by atoms with E-state index in [-0.39, 0.29) is 23.4 Å². The zero-order chi connectivity index (χ0) is 26.6. The maximum absolute atomic E-state index is 12.8. The number of benzene rings is 2. The molecule has 6 rings (SSSR count). The molecule has 0 saturated carbocycles. The Morgan fingerprint density at radius 2 is 1.97 bits per heavy atom. The second kappa shape index (κ2) is 9.17. The largest absolute Gasteiger partial charge is 0.435 e. The lowest BCUT2D eigenvalue weighted by Crippen LogP contribution is -2.50. The maximum Gasteiger partial charge on any atom is 0.387 e. The van der Waals surface area contributed by atoms with E-state index in [2.05, 4.69) is 19.7 Å². The van der Waals surface area contributed by atoms with Crippen LogP contribution in [0.25, 0.3) is 22.2 Å². The molecule has 2 aliphatic rings. The average Bonchev–Trinajstić information content (AvgIpc) is 3.53. The molecule has 38 heavy (non-hydrogen) atoms. The number of fused-ring (bicyclic) bond motifs is 3.